The number of rotatable bonds is 3. The summed E-state index contributed by atoms with van der Waals surface area (Å²) in [6.45, 7) is 2.51. The van der Waals surface area contributed by atoms with E-state index in [0.717, 1.165) is 4.88 Å². The minimum atomic E-state index is -0.271. The standard InChI is InChI=1S/C11H10ClN3OS/c1-7-2-3-17-9(7)5-14-11(16)8-4-13-6-10(12)15-8/h2-4,6H,5H2,1H3,(H,14,16). The monoisotopic (exact) mass is 267 g/mol. The van der Waals surface area contributed by atoms with Crippen molar-refractivity contribution in [2.24, 2.45) is 0 Å². The minimum Gasteiger partial charge on any atom is -0.346 e. The lowest BCUT2D eigenvalue weighted by Gasteiger charge is -2.03. The highest BCUT2D eigenvalue weighted by Gasteiger charge is 2.09. The van der Waals surface area contributed by atoms with Crippen molar-refractivity contribution in [2.45, 2.75) is 13.5 Å². The highest BCUT2D eigenvalue weighted by Crippen LogP contribution is 2.15. The van der Waals surface area contributed by atoms with Gasteiger partial charge in [0, 0.05) is 4.88 Å². The largest absolute Gasteiger partial charge is 0.346 e. The third-order valence-corrected chi connectivity index (χ3v) is 3.42. The van der Waals surface area contributed by atoms with Crippen LogP contribution in [0.1, 0.15) is 20.9 Å². The van der Waals surface area contributed by atoms with Crippen LogP contribution in [0.5, 0.6) is 0 Å². The van der Waals surface area contributed by atoms with Crippen LogP contribution in [0, 0.1) is 6.92 Å². The molecule has 0 aliphatic carbocycles. The predicted molar refractivity (Wildman–Crippen MR) is 67.3 cm³/mol. The Morgan fingerprint density at radius 3 is 3.00 bits per heavy atom. The van der Waals surface area contributed by atoms with Crippen molar-refractivity contribution in [2.75, 3.05) is 0 Å². The van der Waals surface area contributed by atoms with Crippen LogP contribution >= 0.6 is 22.9 Å². The molecule has 2 heterocycles. The number of aromatic nitrogens is 2. The van der Waals surface area contributed by atoms with E-state index >= 15 is 0 Å². The zero-order chi connectivity index (χ0) is 12.3. The van der Waals surface area contributed by atoms with Gasteiger partial charge in [-0.25, -0.2) is 4.98 Å². The van der Waals surface area contributed by atoms with E-state index in [1.807, 2.05) is 18.4 Å². The third kappa shape index (κ3) is 3.01. The number of aryl methyl sites for hydroxylation is 1. The highest BCUT2D eigenvalue weighted by atomic mass is 35.5. The molecule has 4 nitrogen and oxygen atoms in total. The molecule has 2 aromatic rings. The fourth-order valence-electron chi connectivity index (χ4n) is 1.29. The molecule has 2 rings (SSSR count). The first kappa shape index (κ1) is 12.0. The van der Waals surface area contributed by atoms with Crippen molar-refractivity contribution in [1.29, 1.82) is 0 Å². The van der Waals surface area contributed by atoms with Gasteiger partial charge < -0.3 is 5.32 Å². The maximum Gasteiger partial charge on any atom is 0.271 e. The fourth-order valence-corrected chi connectivity index (χ4v) is 2.28. The topological polar surface area (TPSA) is 54.9 Å². The number of nitrogens with zero attached hydrogens (tertiary/aromatic N) is 2. The minimum absolute atomic E-state index is 0.213. The third-order valence-electron chi connectivity index (χ3n) is 2.22. The molecule has 0 radical (unpaired) electrons. The molecular weight excluding hydrogens is 258 g/mol. The fraction of sp³-hybridized carbons (Fsp3) is 0.182. The molecule has 0 fully saturated rings. The maximum absolute atomic E-state index is 11.7. The lowest BCUT2D eigenvalue weighted by Crippen LogP contribution is -2.23. The van der Waals surface area contributed by atoms with Crippen LogP contribution in [0.4, 0.5) is 0 Å². The van der Waals surface area contributed by atoms with Crippen molar-refractivity contribution in [3.63, 3.8) is 0 Å². The van der Waals surface area contributed by atoms with Crippen LogP contribution in [0.15, 0.2) is 23.8 Å². The van der Waals surface area contributed by atoms with E-state index in [9.17, 15) is 4.79 Å². The highest BCUT2D eigenvalue weighted by molar-refractivity contribution is 7.10. The average molecular weight is 268 g/mol. The van der Waals surface area contributed by atoms with Gasteiger partial charge in [-0.05, 0) is 23.9 Å². The zero-order valence-corrected chi connectivity index (χ0v) is 10.7. The van der Waals surface area contributed by atoms with E-state index < -0.39 is 0 Å². The summed E-state index contributed by atoms with van der Waals surface area (Å²) in [6.07, 6.45) is 2.78. The van der Waals surface area contributed by atoms with Crippen LogP contribution in [0.2, 0.25) is 5.15 Å². The Kier molecular flexibility index (Phi) is 3.71. The Labute approximate surface area is 108 Å². The van der Waals surface area contributed by atoms with E-state index in [-0.39, 0.29) is 16.8 Å². The molecule has 0 saturated heterocycles. The summed E-state index contributed by atoms with van der Waals surface area (Å²) in [5.74, 6) is -0.271. The molecule has 1 amide bonds. The smallest absolute Gasteiger partial charge is 0.271 e. The molecule has 88 valence electrons. The SMILES string of the molecule is Cc1ccsc1CNC(=O)c1cncc(Cl)n1. The quantitative estimate of drug-likeness (QED) is 0.929. The van der Waals surface area contributed by atoms with Crippen molar-refractivity contribution < 1.29 is 4.79 Å². The Morgan fingerprint density at radius 1 is 1.53 bits per heavy atom. The molecule has 0 spiro atoms. The molecule has 2 aromatic heterocycles. The molecule has 0 aliphatic rings. The van der Waals surface area contributed by atoms with Crippen molar-refractivity contribution in [1.82, 2.24) is 15.3 Å². The van der Waals surface area contributed by atoms with Gasteiger partial charge in [0.05, 0.1) is 18.9 Å². The molecule has 1 N–H and O–H groups in total. The molecule has 0 aromatic carbocycles. The van der Waals surface area contributed by atoms with Gasteiger partial charge in [0.25, 0.3) is 5.91 Å². The van der Waals surface area contributed by atoms with Gasteiger partial charge in [0.1, 0.15) is 10.8 Å². The van der Waals surface area contributed by atoms with Gasteiger partial charge in [-0.3, -0.25) is 9.78 Å². The Bertz CT molecular complexity index is 541. The normalized spacial score (nSPS) is 10.2. The number of carbonyl (C=O) groups is 1. The second-order valence-electron chi connectivity index (χ2n) is 3.44. The summed E-state index contributed by atoms with van der Waals surface area (Å²) in [6, 6.07) is 2.02. The summed E-state index contributed by atoms with van der Waals surface area (Å²) in [5.41, 5.74) is 1.40. The van der Waals surface area contributed by atoms with Gasteiger partial charge in [0.15, 0.2) is 0 Å². The summed E-state index contributed by atoms with van der Waals surface area (Å²) >= 11 is 7.28. The van der Waals surface area contributed by atoms with Crippen LogP contribution in [0.25, 0.3) is 0 Å². The molecule has 17 heavy (non-hydrogen) atoms. The van der Waals surface area contributed by atoms with Gasteiger partial charge in [-0.15, -0.1) is 11.3 Å². The van der Waals surface area contributed by atoms with Crippen LogP contribution in [-0.4, -0.2) is 15.9 Å². The Hall–Kier alpha value is -1.46. The number of amides is 1. The molecule has 0 unspecified atom stereocenters. The van der Waals surface area contributed by atoms with Crippen molar-refractivity contribution in [3.8, 4) is 0 Å². The van der Waals surface area contributed by atoms with Crippen LogP contribution in [0.3, 0.4) is 0 Å². The Balaban J connectivity index is 2.01. The number of nitrogens with one attached hydrogen (secondary N) is 1. The second-order valence-corrected chi connectivity index (χ2v) is 4.82. The number of hydrogen-bond donors (Lipinski definition) is 1. The number of carbonyl (C=O) groups excluding carboxylic acids is 1. The van der Waals surface area contributed by atoms with E-state index in [1.165, 1.54) is 18.0 Å². The lowest BCUT2D eigenvalue weighted by atomic mass is 10.3. The van der Waals surface area contributed by atoms with Gasteiger partial charge in [-0.2, -0.15) is 0 Å². The van der Waals surface area contributed by atoms with E-state index in [1.54, 1.807) is 11.3 Å². The Morgan fingerprint density at radius 2 is 2.35 bits per heavy atom. The number of thiophene rings is 1. The van der Waals surface area contributed by atoms with E-state index in [4.69, 9.17) is 11.6 Å². The van der Waals surface area contributed by atoms with E-state index in [2.05, 4.69) is 15.3 Å². The number of hydrogen-bond acceptors (Lipinski definition) is 4. The first-order valence-corrected chi connectivity index (χ1v) is 6.21. The zero-order valence-electron chi connectivity index (χ0n) is 9.11. The lowest BCUT2D eigenvalue weighted by molar-refractivity contribution is 0.0946. The van der Waals surface area contributed by atoms with Crippen LogP contribution in [-0.2, 0) is 6.54 Å². The van der Waals surface area contributed by atoms with Crippen molar-refractivity contribution in [3.05, 3.63) is 45.1 Å². The maximum atomic E-state index is 11.7. The second kappa shape index (κ2) is 5.25. The summed E-state index contributed by atoms with van der Waals surface area (Å²) in [7, 11) is 0. The van der Waals surface area contributed by atoms with Crippen LogP contribution < -0.4 is 5.32 Å². The van der Waals surface area contributed by atoms with Gasteiger partial charge in [0.2, 0.25) is 0 Å². The molecule has 6 heteroatoms. The van der Waals surface area contributed by atoms with Crippen molar-refractivity contribution >= 4 is 28.8 Å². The molecule has 0 aliphatic heterocycles. The summed E-state index contributed by atoms with van der Waals surface area (Å²) in [5, 5.41) is 4.99. The molecule has 0 saturated carbocycles. The van der Waals surface area contributed by atoms with Gasteiger partial charge in [-0.1, -0.05) is 11.6 Å². The first-order chi connectivity index (χ1) is 8.16. The first-order valence-electron chi connectivity index (χ1n) is 4.95. The predicted octanol–water partition coefficient (Wildman–Crippen LogP) is 2.43. The summed E-state index contributed by atoms with van der Waals surface area (Å²) < 4.78 is 0. The average Bonchev–Trinajstić information content (AvgIpc) is 2.72. The summed E-state index contributed by atoms with van der Waals surface area (Å²) in [4.78, 5) is 20.6. The molecular formula is C11H10ClN3OS. The van der Waals surface area contributed by atoms with Gasteiger partial charge >= 0.3 is 0 Å². The molecule has 0 bridgehead atoms. The molecule has 0 atom stereocenters. The van der Waals surface area contributed by atoms with E-state index in [0.29, 0.717) is 6.54 Å². The number of halogens is 1.